The Bertz CT molecular complexity index is 1520. The maximum Gasteiger partial charge on any atom is 0.289 e. The van der Waals surface area contributed by atoms with Crippen molar-refractivity contribution in [3.63, 3.8) is 0 Å². The Hall–Kier alpha value is -4.65. The van der Waals surface area contributed by atoms with Gasteiger partial charge in [-0.2, -0.15) is 10.2 Å². The number of aromatic nitrogens is 2. The standard InChI is InChI=1S/C26H20N4O3/c1-33-24-13-11-17-7-3-5-9-19(17)25(24)21-14-22(29-28-21)26(32)30-27-15-20-18-8-4-2-6-16(18)10-12-23(20)31/h2-15,31H,1H3,(H,28,29)(H,30,32)/b27-15+. The molecule has 162 valence electrons. The molecule has 0 saturated carbocycles. The molecule has 0 radical (unpaired) electrons. The minimum atomic E-state index is -0.455. The van der Waals surface area contributed by atoms with Crippen molar-refractivity contribution < 1.29 is 14.6 Å². The number of amides is 1. The van der Waals surface area contributed by atoms with Crippen molar-refractivity contribution in [3.8, 4) is 22.8 Å². The van der Waals surface area contributed by atoms with Crippen LogP contribution in [0.2, 0.25) is 0 Å². The van der Waals surface area contributed by atoms with Crippen molar-refractivity contribution in [2.75, 3.05) is 7.11 Å². The summed E-state index contributed by atoms with van der Waals surface area (Å²) in [6.45, 7) is 0. The third kappa shape index (κ3) is 3.76. The number of hydrogen-bond donors (Lipinski definition) is 3. The van der Waals surface area contributed by atoms with E-state index in [0.29, 0.717) is 17.0 Å². The van der Waals surface area contributed by atoms with E-state index >= 15 is 0 Å². The first kappa shape index (κ1) is 20.3. The van der Waals surface area contributed by atoms with Crippen LogP contribution in [0.25, 0.3) is 32.8 Å². The number of hydrazone groups is 1. The number of carbonyl (C=O) groups excluding carboxylic acids is 1. The summed E-state index contributed by atoms with van der Waals surface area (Å²) < 4.78 is 5.54. The lowest BCUT2D eigenvalue weighted by molar-refractivity contribution is 0.0950. The molecule has 0 bridgehead atoms. The smallest absolute Gasteiger partial charge is 0.289 e. The zero-order valence-electron chi connectivity index (χ0n) is 17.7. The molecule has 4 aromatic carbocycles. The molecule has 0 atom stereocenters. The topological polar surface area (TPSA) is 99.6 Å². The van der Waals surface area contributed by atoms with Crippen molar-refractivity contribution in [1.29, 1.82) is 0 Å². The highest BCUT2D eigenvalue weighted by atomic mass is 16.5. The van der Waals surface area contributed by atoms with Gasteiger partial charge in [0.05, 0.1) is 24.6 Å². The number of phenols is 1. The minimum Gasteiger partial charge on any atom is -0.507 e. The Balaban J connectivity index is 1.42. The Labute approximate surface area is 189 Å². The highest BCUT2D eigenvalue weighted by Gasteiger charge is 2.16. The number of benzene rings is 4. The number of methoxy groups -OCH3 is 1. The van der Waals surface area contributed by atoms with E-state index in [0.717, 1.165) is 27.1 Å². The Morgan fingerprint density at radius 3 is 2.48 bits per heavy atom. The van der Waals surface area contributed by atoms with E-state index in [2.05, 4.69) is 20.7 Å². The fourth-order valence-corrected chi connectivity index (χ4v) is 3.89. The summed E-state index contributed by atoms with van der Waals surface area (Å²) in [5, 5.41) is 25.2. The van der Waals surface area contributed by atoms with E-state index in [1.54, 1.807) is 19.2 Å². The number of fused-ring (bicyclic) bond motifs is 2. The number of nitrogens with zero attached hydrogens (tertiary/aromatic N) is 2. The van der Waals surface area contributed by atoms with Crippen LogP contribution in [0.4, 0.5) is 0 Å². The number of carbonyl (C=O) groups is 1. The third-order valence-electron chi connectivity index (χ3n) is 5.50. The van der Waals surface area contributed by atoms with E-state index in [-0.39, 0.29) is 11.4 Å². The van der Waals surface area contributed by atoms with Crippen molar-refractivity contribution in [3.05, 3.63) is 90.1 Å². The SMILES string of the molecule is COc1ccc2ccccc2c1-c1cc(C(=O)N/N=C/c2c(O)ccc3ccccc23)[nH]n1. The second-order valence-corrected chi connectivity index (χ2v) is 7.45. The average molecular weight is 436 g/mol. The number of H-pyrrole nitrogens is 1. The second kappa shape index (κ2) is 8.47. The van der Waals surface area contributed by atoms with Crippen LogP contribution in [0.15, 0.2) is 84.0 Å². The van der Waals surface area contributed by atoms with Gasteiger partial charge in [0.25, 0.3) is 5.91 Å². The molecule has 0 aliphatic heterocycles. The lowest BCUT2D eigenvalue weighted by atomic mass is 10.0. The molecule has 1 amide bonds. The summed E-state index contributed by atoms with van der Waals surface area (Å²) in [6, 6.07) is 24.5. The van der Waals surface area contributed by atoms with Crippen LogP contribution >= 0.6 is 0 Å². The van der Waals surface area contributed by atoms with Gasteiger partial charge in [-0.05, 0) is 39.7 Å². The number of aromatic amines is 1. The maximum atomic E-state index is 12.7. The predicted octanol–water partition coefficient (Wildman–Crippen LogP) is 4.86. The molecule has 0 aliphatic carbocycles. The van der Waals surface area contributed by atoms with Crippen molar-refractivity contribution >= 4 is 33.7 Å². The number of ether oxygens (including phenoxy) is 1. The van der Waals surface area contributed by atoms with Crippen molar-refractivity contribution in [1.82, 2.24) is 15.6 Å². The van der Waals surface area contributed by atoms with E-state index in [1.165, 1.54) is 6.21 Å². The zero-order valence-corrected chi connectivity index (χ0v) is 17.7. The van der Waals surface area contributed by atoms with Gasteiger partial charge >= 0.3 is 0 Å². The van der Waals surface area contributed by atoms with Gasteiger partial charge in [0.15, 0.2) is 0 Å². The molecule has 3 N–H and O–H groups in total. The van der Waals surface area contributed by atoms with Crippen LogP contribution in [0.1, 0.15) is 16.1 Å². The van der Waals surface area contributed by atoms with Crippen molar-refractivity contribution in [2.24, 2.45) is 5.10 Å². The first-order valence-corrected chi connectivity index (χ1v) is 10.3. The predicted molar refractivity (Wildman–Crippen MR) is 129 cm³/mol. The number of hydrogen-bond acceptors (Lipinski definition) is 5. The fourth-order valence-electron chi connectivity index (χ4n) is 3.89. The quantitative estimate of drug-likeness (QED) is 0.271. The number of phenolic OH excluding ortho intramolecular Hbond substituents is 1. The lowest BCUT2D eigenvalue weighted by Gasteiger charge is -2.09. The van der Waals surface area contributed by atoms with Gasteiger partial charge in [-0.1, -0.05) is 60.7 Å². The van der Waals surface area contributed by atoms with Crippen LogP contribution < -0.4 is 10.2 Å². The summed E-state index contributed by atoms with van der Waals surface area (Å²) in [5.41, 5.74) is 4.65. The van der Waals surface area contributed by atoms with Crippen LogP contribution in [0, 0.1) is 0 Å². The van der Waals surface area contributed by atoms with E-state index in [4.69, 9.17) is 4.74 Å². The Morgan fingerprint density at radius 1 is 1.00 bits per heavy atom. The molecule has 33 heavy (non-hydrogen) atoms. The second-order valence-electron chi connectivity index (χ2n) is 7.45. The van der Waals surface area contributed by atoms with Crippen LogP contribution in [0.5, 0.6) is 11.5 Å². The summed E-state index contributed by atoms with van der Waals surface area (Å²) in [7, 11) is 1.60. The molecule has 0 fully saturated rings. The number of nitrogens with one attached hydrogen (secondary N) is 2. The van der Waals surface area contributed by atoms with Crippen LogP contribution in [0.3, 0.4) is 0 Å². The van der Waals surface area contributed by atoms with Crippen molar-refractivity contribution in [2.45, 2.75) is 0 Å². The molecular weight excluding hydrogens is 416 g/mol. The molecule has 1 heterocycles. The maximum absolute atomic E-state index is 12.7. The number of rotatable bonds is 5. The van der Waals surface area contributed by atoms with Gasteiger partial charge in [-0.25, -0.2) is 5.43 Å². The molecule has 5 rings (SSSR count). The molecule has 7 nitrogen and oxygen atoms in total. The monoisotopic (exact) mass is 436 g/mol. The molecular formula is C26H20N4O3. The fraction of sp³-hybridized carbons (Fsp3) is 0.0385. The van der Waals surface area contributed by atoms with E-state index in [9.17, 15) is 9.90 Å². The zero-order chi connectivity index (χ0) is 22.8. The summed E-state index contributed by atoms with van der Waals surface area (Å²) >= 11 is 0. The first-order chi connectivity index (χ1) is 16.2. The van der Waals surface area contributed by atoms with Gasteiger partial charge in [-0.3, -0.25) is 9.89 Å². The average Bonchev–Trinajstić information content (AvgIpc) is 3.34. The highest BCUT2D eigenvalue weighted by molar-refractivity contribution is 6.03. The van der Waals surface area contributed by atoms with Gasteiger partial charge in [0, 0.05) is 5.56 Å². The number of aromatic hydroxyl groups is 1. The minimum absolute atomic E-state index is 0.0820. The van der Waals surface area contributed by atoms with E-state index in [1.807, 2.05) is 66.7 Å². The molecule has 0 unspecified atom stereocenters. The van der Waals surface area contributed by atoms with Gasteiger partial charge < -0.3 is 9.84 Å². The normalized spacial score (nSPS) is 11.3. The van der Waals surface area contributed by atoms with Crippen LogP contribution in [-0.2, 0) is 0 Å². The van der Waals surface area contributed by atoms with Gasteiger partial charge in [0.2, 0.25) is 0 Å². The molecule has 7 heteroatoms. The molecule has 1 aromatic heterocycles. The summed E-state index contributed by atoms with van der Waals surface area (Å²) in [4.78, 5) is 12.7. The Kier molecular flexibility index (Phi) is 5.20. The summed E-state index contributed by atoms with van der Waals surface area (Å²) in [6.07, 6.45) is 1.43. The van der Waals surface area contributed by atoms with Crippen LogP contribution in [-0.4, -0.2) is 34.5 Å². The molecule has 0 spiro atoms. The largest absolute Gasteiger partial charge is 0.507 e. The Morgan fingerprint density at radius 2 is 1.70 bits per heavy atom. The molecule has 0 aliphatic rings. The first-order valence-electron chi connectivity index (χ1n) is 10.3. The lowest BCUT2D eigenvalue weighted by Crippen LogP contribution is -2.18. The molecule has 5 aromatic rings. The van der Waals surface area contributed by atoms with Gasteiger partial charge in [0.1, 0.15) is 17.2 Å². The van der Waals surface area contributed by atoms with Gasteiger partial charge in [-0.15, -0.1) is 0 Å². The summed E-state index contributed by atoms with van der Waals surface area (Å²) in [5.74, 6) is 0.291. The van der Waals surface area contributed by atoms with E-state index < -0.39 is 5.91 Å². The highest BCUT2D eigenvalue weighted by Crippen LogP contribution is 2.36. The third-order valence-corrected chi connectivity index (χ3v) is 5.50. The molecule has 0 saturated heterocycles.